The molecule has 2 unspecified atom stereocenters. The molecule has 1 aliphatic heterocycles. The van der Waals surface area contributed by atoms with Crippen LogP contribution in [0.5, 0.6) is 0 Å². The van der Waals surface area contributed by atoms with Crippen LogP contribution in [0.15, 0.2) is 53.0 Å². The van der Waals surface area contributed by atoms with E-state index >= 15 is 0 Å². The Balaban J connectivity index is 1.45. The molecule has 1 saturated heterocycles. The second kappa shape index (κ2) is 7.15. The Kier molecular flexibility index (Phi) is 4.70. The van der Waals surface area contributed by atoms with E-state index in [1.54, 1.807) is 4.90 Å². The van der Waals surface area contributed by atoms with E-state index in [1.165, 1.54) is 0 Å². The molecule has 0 radical (unpaired) electrons. The summed E-state index contributed by atoms with van der Waals surface area (Å²) in [6.07, 6.45) is 0.208. The minimum atomic E-state index is -0.378. The van der Waals surface area contributed by atoms with Gasteiger partial charge >= 0.3 is 0 Å². The van der Waals surface area contributed by atoms with E-state index in [0.717, 1.165) is 21.2 Å². The van der Waals surface area contributed by atoms with Gasteiger partial charge in [-0.25, -0.2) is 4.98 Å². The smallest absolute Gasteiger partial charge is 0.227 e. The normalized spacial score (nSPS) is 18.1. The Bertz CT molecular complexity index is 983. The van der Waals surface area contributed by atoms with Crippen LogP contribution in [-0.2, 0) is 9.59 Å². The van der Waals surface area contributed by atoms with Crippen molar-refractivity contribution in [3.63, 3.8) is 0 Å². The first-order valence-electron chi connectivity index (χ1n) is 8.83. The van der Waals surface area contributed by atoms with Gasteiger partial charge < -0.3 is 15.2 Å². The van der Waals surface area contributed by atoms with Crippen molar-refractivity contribution in [2.45, 2.75) is 19.4 Å². The third-order valence-corrected chi connectivity index (χ3v) is 5.49. The van der Waals surface area contributed by atoms with Gasteiger partial charge in [-0.3, -0.25) is 9.59 Å². The Morgan fingerprint density at radius 1 is 1.26 bits per heavy atom. The molecule has 27 heavy (non-hydrogen) atoms. The number of amides is 2. The molecular weight excluding hydrogens is 408 g/mol. The van der Waals surface area contributed by atoms with Crippen molar-refractivity contribution in [3.05, 3.63) is 58.8 Å². The van der Waals surface area contributed by atoms with E-state index in [4.69, 9.17) is 0 Å². The van der Waals surface area contributed by atoms with Gasteiger partial charge in [-0.15, -0.1) is 0 Å². The maximum atomic E-state index is 12.7. The molecule has 4 rings (SSSR count). The van der Waals surface area contributed by atoms with Gasteiger partial charge in [0.05, 0.1) is 28.7 Å². The van der Waals surface area contributed by atoms with Gasteiger partial charge in [-0.05, 0) is 47.1 Å². The molecule has 7 heteroatoms. The van der Waals surface area contributed by atoms with Gasteiger partial charge in [-0.2, -0.15) is 0 Å². The Hall–Kier alpha value is -2.67. The van der Waals surface area contributed by atoms with Crippen molar-refractivity contribution in [2.24, 2.45) is 5.92 Å². The number of para-hydroxylation sites is 3. The summed E-state index contributed by atoms with van der Waals surface area (Å²) in [5.74, 6) is 0.150. The minimum Gasteiger partial charge on any atom is -0.346 e. The van der Waals surface area contributed by atoms with Crippen molar-refractivity contribution in [3.8, 4) is 0 Å². The van der Waals surface area contributed by atoms with Crippen LogP contribution in [-0.4, -0.2) is 28.3 Å². The zero-order valence-electron chi connectivity index (χ0n) is 14.8. The number of aromatic nitrogens is 2. The maximum Gasteiger partial charge on any atom is 0.227 e. The number of nitrogens with zero attached hydrogens (tertiary/aromatic N) is 2. The van der Waals surface area contributed by atoms with Crippen molar-refractivity contribution < 1.29 is 9.59 Å². The first-order valence-corrected chi connectivity index (χ1v) is 9.62. The molecule has 0 bridgehead atoms. The van der Waals surface area contributed by atoms with Crippen LogP contribution in [0.3, 0.4) is 0 Å². The van der Waals surface area contributed by atoms with Gasteiger partial charge in [0.15, 0.2) is 0 Å². The fourth-order valence-electron chi connectivity index (χ4n) is 3.36. The number of carbonyl (C=O) groups is 2. The van der Waals surface area contributed by atoms with E-state index < -0.39 is 0 Å². The predicted molar refractivity (Wildman–Crippen MR) is 107 cm³/mol. The highest BCUT2D eigenvalue weighted by molar-refractivity contribution is 9.10. The zero-order chi connectivity index (χ0) is 19.0. The summed E-state index contributed by atoms with van der Waals surface area (Å²) in [5.41, 5.74) is 2.60. The van der Waals surface area contributed by atoms with E-state index in [0.29, 0.717) is 12.4 Å². The van der Waals surface area contributed by atoms with E-state index in [9.17, 15) is 9.59 Å². The summed E-state index contributed by atoms with van der Waals surface area (Å²) in [6.45, 7) is 2.26. The number of halogens is 1. The lowest BCUT2D eigenvalue weighted by molar-refractivity contribution is -0.126. The van der Waals surface area contributed by atoms with Crippen LogP contribution >= 0.6 is 15.9 Å². The molecule has 3 aromatic rings. The summed E-state index contributed by atoms with van der Waals surface area (Å²) in [7, 11) is 0. The number of H-pyrrole nitrogens is 1. The number of hydrogen-bond acceptors (Lipinski definition) is 3. The highest BCUT2D eigenvalue weighted by Crippen LogP contribution is 2.31. The third kappa shape index (κ3) is 3.47. The van der Waals surface area contributed by atoms with Crippen molar-refractivity contribution in [2.75, 3.05) is 11.4 Å². The van der Waals surface area contributed by atoms with Crippen molar-refractivity contribution in [1.29, 1.82) is 0 Å². The molecule has 138 valence electrons. The Morgan fingerprint density at radius 3 is 2.78 bits per heavy atom. The van der Waals surface area contributed by atoms with E-state index in [2.05, 4.69) is 31.2 Å². The standard InChI is InChI=1S/C20H19BrN4O2/c1-12(19-23-15-7-3-4-8-16(15)24-19)22-20(27)13-10-18(26)25(11-13)17-9-5-2-6-14(17)21/h2-9,12-13H,10-11H2,1H3,(H,22,27)(H,23,24). The molecular formula is C20H19BrN4O2. The third-order valence-electron chi connectivity index (χ3n) is 4.82. The molecule has 0 spiro atoms. The quantitative estimate of drug-likeness (QED) is 0.669. The Labute approximate surface area is 165 Å². The second-order valence-electron chi connectivity index (χ2n) is 6.73. The summed E-state index contributed by atoms with van der Waals surface area (Å²) >= 11 is 3.47. The number of rotatable bonds is 4. The number of carbonyl (C=O) groups excluding carboxylic acids is 2. The molecule has 0 saturated carbocycles. The lowest BCUT2D eigenvalue weighted by Gasteiger charge is -2.19. The zero-order valence-corrected chi connectivity index (χ0v) is 16.4. The number of aromatic amines is 1. The molecule has 2 aromatic carbocycles. The Morgan fingerprint density at radius 2 is 2.00 bits per heavy atom. The van der Waals surface area contributed by atoms with Gasteiger partial charge in [0.2, 0.25) is 11.8 Å². The van der Waals surface area contributed by atoms with Gasteiger partial charge in [-0.1, -0.05) is 24.3 Å². The fraction of sp³-hybridized carbons (Fsp3) is 0.250. The van der Waals surface area contributed by atoms with Crippen LogP contribution < -0.4 is 10.2 Å². The molecule has 1 aromatic heterocycles. The largest absolute Gasteiger partial charge is 0.346 e. The van der Waals surface area contributed by atoms with Crippen LogP contribution in [0.2, 0.25) is 0 Å². The van der Waals surface area contributed by atoms with E-state index in [-0.39, 0.29) is 30.2 Å². The molecule has 2 N–H and O–H groups in total. The monoisotopic (exact) mass is 426 g/mol. The van der Waals surface area contributed by atoms with E-state index in [1.807, 2.05) is 55.5 Å². The highest BCUT2D eigenvalue weighted by atomic mass is 79.9. The average Bonchev–Trinajstić information content (AvgIpc) is 3.26. The van der Waals surface area contributed by atoms with Gasteiger partial charge in [0.1, 0.15) is 5.82 Å². The SMILES string of the molecule is CC(NC(=O)C1CC(=O)N(c2ccccc2Br)C1)c1nc2ccccc2[nH]1. The molecule has 2 amide bonds. The minimum absolute atomic E-state index is 0.0431. The van der Waals surface area contributed by atoms with Crippen LogP contribution in [0, 0.1) is 5.92 Å². The molecule has 2 atom stereocenters. The first-order chi connectivity index (χ1) is 13.0. The van der Waals surface area contributed by atoms with Crippen molar-refractivity contribution >= 4 is 44.5 Å². The van der Waals surface area contributed by atoms with Gasteiger partial charge in [0, 0.05) is 17.4 Å². The predicted octanol–water partition coefficient (Wildman–Crippen LogP) is 3.56. The van der Waals surface area contributed by atoms with Crippen LogP contribution in [0.25, 0.3) is 11.0 Å². The summed E-state index contributed by atoms with van der Waals surface area (Å²) in [6, 6.07) is 15.0. The lowest BCUT2D eigenvalue weighted by Crippen LogP contribution is -2.35. The fourth-order valence-corrected chi connectivity index (χ4v) is 3.86. The number of hydrogen-bond donors (Lipinski definition) is 2. The van der Waals surface area contributed by atoms with Crippen molar-refractivity contribution in [1.82, 2.24) is 15.3 Å². The summed E-state index contributed by atoms with van der Waals surface area (Å²) in [4.78, 5) is 34.6. The summed E-state index contributed by atoms with van der Waals surface area (Å²) in [5, 5.41) is 2.98. The maximum absolute atomic E-state index is 12.7. The highest BCUT2D eigenvalue weighted by Gasteiger charge is 2.36. The molecule has 1 aliphatic rings. The second-order valence-corrected chi connectivity index (χ2v) is 7.58. The molecule has 1 fully saturated rings. The lowest BCUT2D eigenvalue weighted by atomic mass is 10.1. The number of benzene rings is 2. The average molecular weight is 427 g/mol. The van der Waals surface area contributed by atoms with Crippen LogP contribution in [0.4, 0.5) is 5.69 Å². The molecule has 2 heterocycles. The summed E-state index contributed by atoms with van der Waals surface area (Å²) < 4.78 is 0.843. The number of imidazole rings is 1. The number of fused-ring (bicyclic) bond motifs is 1. The first kappa shape index (κ1) is 17.7. The topological polar surface area (TPSA) is 78.1 Å². The van der Waals surface area contributed by atoms with Crippen LogP contribution in [0.1, 0.15) is 25.2 Å². The van der Waals surface area contributed by atoms with Gasteiger partial charge in [0.25, 0.3) is 0 Å². The molecule has 0 aliphatic carbocycles. The number of nitrogens with one attached hydrogen (secondary N) is 2. The number of anilines is 1. The molecule has 6 nitrogen and oxygen atoms in total.